The minimum absolute atomic E-state index is 0.0369. The van der Waals surface area contributed by atoms with Crippen LogP contribution in [0.5, 0.6) is 0 Å². The molecule has 0 aliphatic heterocycles. The van der Waals surface area contributed by atoms with Crippen molar-refractivity contribution in [2.45, 2.75) is 26.0 Å². The largest absolute Gasteiger partial charge is 0.466 e. The van der Waals surface area contributed by atoms with Gasteiger partial charge in [0.25, 0.3) is 0 Å². The Labute approximate surface area is 105 Å². The molecule has 0 fully saturated rings. The van der Waals surface area contributed by atoms with Crippen molar-refractivity contribution in [1.82, 2.24) is 9.88 Å². The molecule has 0 bridgehead atoms. The number of thiazole rings is 1. The van der Waals surface area contributed by atoms with Crippen LogP contribution < -0.4 is 0 Å². The first-order chi connectivity index (χ1) is 8.11. The van der Waals surface area contributed by atoms with E-state index < -0.39 is 6.10 Å². The Morgan fingerprint density at radius 1 is 1.71 bits per heavy atom. The van der Waals surface area contributed by atoms with Gasteiger partial charge in [0.05, 0.1) is 30.3 Å². The number of aliphatic hydroxyl groups excluding tert-OH is 1. The monoisotopic (exact) mass is 258 g/mol. The number of aliphatic hydroxyl groups is 1. The molecule has 5 nitrogen and oxygen atoms in total. The molecule has 0 amide bonds. The van der Waals surface area contributed by atoms with Gasteiger partial charge in [0.15, 0.2) is 0 Å². The number of likely N-dealkylation sites (N-methyl/N-ethyl adjacent to an activating group) is 1. The molecule has 6 heteroatoms. The minimum atomic E-state index is -0.697. The quantitative estimate of drug-likeness (QED) is 0.736. The predicted molar refractivity (Wildman–Crippen MR) is 65.7 cm³/mol. The number of carbonyl (C=O) groups is 1. The van der Waals surface area contributed by atoms with Crippen molar-refractivity contribution in [2.24, 2.45) is 0 Å². The maximum Gasteiger partial charge on any atom is 0.308 e. The molecule has 17 heavy (non-hydrogen) atoms. The van der Waals surface area contributed by atoms with E-state index in [1.807, 2.05) is 17.3 Å². The summed E-state index contributed by atoms with van der Waals surface area (Å²) in [5.74, 6) is -0.359. The van der Waals surface area contributed by atoms with E-state index in [0.717, 1.165) is 5.69 Å². The second kappa shape index (κ2) is 7.37. The molecule has 96 valence electrons. The van der Waals surface area contributed by atoms with Crippen LogP contribution in [0.25, 0.3) is 0 Å². The summed E-state index contributed by atoms with van der Waals surface area (Å²) in [5, 5.41) is 11.7. The Kier molecular flexibility index (Phi) is 6.10. The molecule has 1 aromatic heterocycles. The van der Waals surface area contributed by atoms with Gasteiger partial charge in [-0.25, -0.2) is 4.98 Å². The SMILES string of the molecule is CCOC(=O)CC(O)CN(C)Cc1cscn1. The standard InChI is InChI=1S/C11H18N2O3S/c1-3-16-11(15)4-10(14)6-13(2)5-9-7-17-8-12-9/h7-8,10,14H,3-6H2,1-2H3. The molecule has 1 unspecified atom stereocenters. The second-order valence-electron chi connectivity index (χ2n) is 3.84. The van der Waals surface area contributed by atoms with E-state index >= 15 is 0 Å². The maximum atomic E-state index is 11.1. The Bertz CT molecular complexity index is 329. The van der Waals surface area contributed by atoms with Crippen LogP contribution >= 0.6 is 11.3 Å². The first-order valence-corrected chi connectivity index (χ1v) is 6.45. The molecule has 1 heterocycles. The van der Waals surface area contributed by atoms with Crippen LogP contribution in [-0.4, -0.2) is 47.3 Å². The van der Waals surface area contributed by atoms with Crippen molar-refractivity contribution in [3.63, 3.8) is 0 Å². The first kappa shape index (κ1) is 14.1. The fraction of sp³-hybridized carbons (Fsp3) is 0.636. The fourth-order valence-electron chi connectivity index (χ4n) is 1.49. The average Bonchev–Trinajstić information content (AvgIpc) is 2.69. The summed E-state index contributed by atoms with van der Waals surface area (Å²) in [7, 11) is 1.88. The highest BCUT2D eigenvalue weighted by Crippen LogP contribution is 2.05. The normalized spacial score (nSPS) is 12.7. The Hall–Kier alpha value is -0.980. The van der Waals surface area contributed by atoms with Crippen molar-refractivity contribution in [2.75, 3.05) is 20.2 Å². The zero-order valence-corrected chi connectivity index (χ0v) is 10.9. The zero-order chi connectivity index (χ0) is 12.7. The van der Waals surface area contributed by atoms with E-state index in [9.17, 15) is 9.90 Å². The van der Waals surface area contributed by atoms with Crippen LogP contribution in [0.4, 0.5) is 0 Å². The van der Waals surface area contributed by atoms with Crippen molar-refractivity contribution < 1.29 is 14.6 Å². The Morgan fingerprint density at radius 2 is 2.47 bits per heavy atom. The molecule has 1 atom stereocenters. The van der Waals surface area contributed by atoms with Crippen LogP contribution in [0.3, 0.4) is 0 Å². The van der Waals surface area contributed by atoms with Gasteiger partial charge in [0.1, 0.15) is 0 Å². The van der Waals surface area contributed by atoms with Crippen molar-refractivity contribution >= 4 is 17.3 Å². The molecular formula is C11H18N2O3S. The lowest BCUT2D eigenvalue weighted by molar-refractivity contribution is -0.145. The summed E-state index contributed by atoms with van der Waals surface area (Å²) >= 11 is 1.54. The van der Waals surface area contributed by atoms with Crippen molar-refractivity contribution in [1.29, 1.82) is 0 Å². The summed E-state index contributed by atoms with van der Waals surface area (Å²) in [5.41, 5.74) is 2.75. The molecule has 1 rings (SSSR count). The number of hydrogen-bond donors (Lipinski definition) is 1. The highest BCUT2D eigenvalue weighted by atomic mass is 32.1. The molecule has 0 radical (unpaired) electrons. The van der Waals surface area contributed by atoms with Gasteiger partial charge in [0, 0.05) is 18.5 Å². The number of esters is 1. The number of rotatable bonds is 7. The molecule has 0 aliphatic rings. The van der Waals surface area contributed by atoms with Crippen molar-refractivity contribution in [3.8, 4) is 0 Å². The number of ether oxygens (including phenoxy) is 1. The lowest BCUT2D eigenvalue weighted by atomic mass is 10.2. The van der Waals surface area contributed by atoms with E-state index in [0.29, 0.717) is 19.7 Å². The van der Waals surface area contributed by atoms with Gasteiger partial charge in [-0.2, -0.15) is 0 Å². The topological polar surface area (TPSA) is 62.7 Å². The average molecular weight is 258 g/mol. The van der Waals surface area contributed by atoms with Gasteiger partial charge in [-0.05, 0) is 14.0 Å². The lowest BCUT2D eigenvalue weighted by Crippen LogP contribution is -2.30. The van der Waals surface area contributed by atoms with Crippen molar-refractivity contribution in [3.05, 3.63) is 16.6 Å². The summed E-state index contributed by atoms with van der Waals surface area (Å²) in [6.45, 7) is 3.19. The van der Waals surface area contributed by atoms with Crippen LogP contribution in [-0.2, 0) is 16.1 Å². The molecule has 1 N–H and O–H groups in total. The van der Waals surface area contributed by atoms with Crippen LogP contribution in [0.1, 0.15) is 19.0 Å². The Balaban J connectivity index is 2.25. The summed E-state index contributed by atoms with van der Waals surface area (Å²) in [6, 6.07) is 0. The third-order valence-electron chi connectivity index (χ3n) is 2.15. The number of nitrogens with zero attached hydrogens (tertiary/aromatic N) is 2. The summed E-state index contributed by atoms with van der Waals surface area (Å²) in [4.78, 5) is 17.2. The van der Waals surface area contributed by atoms with Gasteiger partial charge in [-0.15, -0.1) is 11.3 Å². The molecule has 0 spiro atoms. The Morgan fingerprint density at radius 3 is 3.06 bits per heavy atom. The van der Waals surface area contributed by atoms with E-state index in [4.69, 9.17) is 4.74 Å². The summed E-state index contributed by atoms with van der Waals surface area (Å²) < 4.78 is 4.77. The predicted octanol–water partition coefficient (Wildman–Crippen LogP) is 0.889. The molecule has 0 aromatic carbocycles. The lowest BCUT2D eigenvalue weighted by Gasteiger charge is -2.18. The number of aromatic nitrogens is 1. The fourth-order valence-corrected chi connectivity index (χ4v) is 2.04. The van der Waals surface area contributed by atoms with Gasteiger partial charge in [-0.3, -0.25) is 9.69 Å². The van der Waals surface area contributed by atoms with E-state index in [1.54, 1.807) is 23.8 Å². The van der Waals surface area contributed by atoms with Gasteiger partial charge < -0.3 is 9.84 Å². The highest BCUT2D eigenvalue weighted by Gasteiger charge is 2.14. The number of carbonyl (C=O) groups excluding carboxylic acids is 1. The van der Waals surface area contributed by atoms with E-state index in [-0.39, 0.29) is 12.4 Å². The third kappa shape index (κ3) is 5.76. The van der Waals surface area contributed by atoms with E-state index in [1.165, 1.54) is 0 Å². The van der Waals surface area contributed by atoms with Crippen LogP contribution in [0.15, 0.2) is 10.9 Å². The molecule has 0 saturated carbocycles. The minimum Gasteiger partial charge on any atom is -0.466 e. The van der Waals surface area contributed by atoms with Crippen LogP contribution in [0.2, 0.25) is 0 Å². The van der Waals surface area contributed by atoms with Gasteiger partial charge in [0.2, 0.25) is 0 Å². The highest BCUT2D eigenvalue weighted by molar-refractivity contribution is 7.07. The van der Waals surface area contributed by atoms with Gasteiger partial charge >= 0.3 is 5.97 Å². The molecule has 0 saturated heterocycles. The number of hydrogen-bond acceptors (Lipinski definition) is 6. The second-order valence-corrected chi connectivity index (χ2v) is 4.56. The van der Waals surface area contributed by atoms with E-state index in [2.05, 4.69) is 4.98 Å². The third-order valence-corrected chi connectivity index (χ3v) is 2.78. The smallest absolute Gasteiger partial charge is 0.308 e. The zero-order valence-electron chi connectivity index (χ0n) is 10.1. The summed E-state index contributed by atoms with van der Waals surface area (Å²) in [6.07, 6.45) is -0.660. The van der Waals surface area contributed by atoms with Crippen LogP contribution in [0, 0.1) is 0 Å². The first-order valence-electron chi connectivity index (χ1n) is 5.51. The van der Waals surface area contributed by atoms with Gasteiger partial charge in [-0.1, -0.05) is 0 Å². The molecule has 1 aromatic rings. The molecular weight excluding hydrogens is 240 g/mol. The maximum absolute atomic E-state index is 11.1. The molecule has 0 aliphatic carbocycles.